The average molecular weight is 160 g/mol. The molecular formula is C11H12O. The van der Waals surface area contributed by atoms with Crippen LogP contribution < -0.4 is 0 Å². The molecule has 0 aliphatic heterocycles. The summed E-state index contributed by atoms with van der Waals surface area (Å²) in [7, 11) is 0. The van der Waals surface area contributed by atoms with Gasteiger partial charge in [0.15, 0.2) is 0 Å². The summed E-state index contributed by atoms with van der Waals surface area (Å²) in [6, 6.07) is 5.75. The molecule has 0 aromatic heterocycles. The van der Waals surface area contributed by atoms with Crippen LogP contribution in [0.5, 0.6) is 5.75 Å². The van der Waals surface area contributed by atoms with E-state index in [1.54, 1.807) is 6.07 Å². The lowest BCUT2D eigenvalue weighted by Gasteiger charge is -2.15. The second-order valence-corrected chi connectivity index (χ2v) is 3.24. The van der Waals surface area contributed by atoms with Crippen molar-refractivity contribution in [3.8, 4) is 5.75 Å². The van der Waals surface area contributed by atoms with Crippen molar-refractivity contribution >= 4 is 5.57 Å². The van der Waals surface area contributed by atoms with Gasteiger partial charge in [0, 0.05) is 5.56 Å². The molecule has 0 fully saturated rings. The highest BCUT2D eigenvalue weighted by molar-refractivity contribution is 5.73. The van der Waals surface area contributed by atoms with Crippen molar-refractivity contribution < 1.29 is 5.11 Å². The molecule has 2 rings (SSSR count). The van der Waals surface area contributed by atoms with E-state index in [9.17, 15) is 5.11 Å². The predicted molar refractivity (Wildman–Crippen MR) is 50.1 cm³/mol. The van der Waals surface area contributed by atoms with Crippen molar-refractivity contribution in [1.82, 2.24) is 0 Å². The van der Waals surface area contributed by atoms with Crippen LogP contribution in [-0.2, 0) is 6.42 Å². The Labute approximate surface area is 72.4 Å². The van der Waals surface area contributed by atoms with Crippen LogP contribution in [0.1, 0.15) is 24.5 Å². The van der Waals surface area contributed by atoms with E-state index in [1.165, 1.54) is 11.1 Å². The fourth-order valence-corrected chi connectivity index (χ4v) is 1.80. The van der Waals surface area contributed by atoms with Crippen molar-refractivity contribution in [3.63, 3.8) is 0 Å². The number of hydrogen-bond acceptors (Lipinski definition) is 1. The van der Waals surface area contributed by atoms with Gasteiger partial charge in [-0.25, -0.2) is 0 Å². The highest BCUT2D eigenvalue weighted by Crippen LogP contribution is 2.32. The fraction of sp³-hybridized carbons (Fsp3) is 0.273. The van der Waals surface area contributed by atoms with Crippen molar-refractivity contribution in [2.45, 2.75) is 19.8 Å². The number of aromatic hydroxyl groups is 1. The monoisotopic (exact) mass is 160 g/mol. The topological polar surface area (TPSA) is 20.2 Å². The van der Waals surface area contributed by atoms with Crippen LogP contribution in [0, 0.1) is 0 Å². The molecule has 12 heavy (non-hydrogen) atoms. The SMILES string of the molecule is CC1=CCCc2cccc(O)c21. The quantitative estimate of drug-likeness (QED) is 0.618. The van der Waals surface area contributed by atoms with Gasteiger partial charge in [0.25, 0.3) is 0 Å². The molecule has 0 radical (unpaired) electrons. The summed E-state index contributed by atoms with van der Waals surface area (Å²) in [4.78, 5) is 0. The summed E-state index contributed by atoms with van der Waals surface area (Å²) in [5.41, 5.74) is 3.52. The minimum absolute atomic E-state index is 0.418. The lowest BCUT2D eigenvalue weighted by molar-refractivity contribution is 0.472. The third kappa shape index (κ3) is 1.02. The van der Waals surface area contributed by atoms with Gasteiger partial charge in [-0.3, -0.25) is 0 Å². The number of hydrogen-bond donors (Lipinski definition) is 1. The summed E-state index contributed by atoms with van der Waals surface area (Å²) >= 11 is 0. The summed E-state index contributed by atoms with van der Waals surface area (Å²) in [5, 5.41) is 9.59. The summed E-state index contributed by atoms with van der Waals surface area (Å²) in [6.45, 7) is 2.05. The first-order valence-corrected chi connectivity index (χ1v) is 4.27. The largest absolute Gasteiger partial charge is 0.507 e. The van der Waals surface area contributed by atoms with Crippen LogP contribution in [0.2, 0.25) is 0 Å². The molecule has 1 heteroatoms. The maximum absolute atomic E-state index is 9.59. The van der Waals surface area contributed by atoms with Gasteiger partial charge in [-0.05, 0) is 37.0 Å². The summed E-state index contributed by atoms with van der Waals surface area (Å²) in [6.07, 6.45) is 4.34. The number of allylic oxidation sites excluding steroid dienone is 2. The number of benzene rings is 1. The van der Waals surface area contributed by atoms with Gasteiger partial charge in [0.1, 0.15) is 5.75 Å². The molecule has 1 nitrogen and oxygen atoms in total. The molecule has 62 valence electrons. The zero-order valence-electron chi connectivity index (χ0n) is 7.17. The number of phenolic OH excluding ortho intramolecular Hbond substituents is 1. The molecule has 1 N–H and O–H groups in total. The van der Waals surface area contributed by atoms with Crippen LogP contribution in [0.4, 0.5) is 0 Å². The minimum Gasteiger partial charge on any atom is -0.507 e. The van der Waals surface area contributed by atoms with Crippen molar-refractivity contribution in [3.05, 3.63) is 35.4 Å². The van der Waals surface area contributed by atoms with Gasteiger partial charge >= 0.3 is 0 Å². The van der Waals surface area contributed by atoms with Crippen LogP contribution >= 0.6 is 0 Å². The molecule has 0 bridgehead atoms. The molecule has 1 aliphatic carbocycles. The number of rotatable bonds is 0. The van der Waals surface area contributed by atoms with E-state index in [-0.39, 0.29) is 0 Å². The van der Waals surface area contributed by atoms with Gasteiger partial charge in [0.2, 0.25) is 0 Å². The highest BCUT2D eigenvalue weighted by atomic mass is 16.3. The lowest BCUT2D eigenvalue weighted by Crippen LogP contribution is -1.97. The zero-order valence-corrected chi connectivity index (χ0v) is 7.17. The molecular weight excluding hydrogens is 148 g/mol. The Balaban J connectivity index is 2.64. The van der Waals surface area contributed by atoms with Gasteiger partial charge in [-0.1, -0.05) is 18.2 Å². The molecule has 0 atom stereocenters. The normalized spacial score (nSPS) is 15.2. The van der Waals surface area contributed by atoms with Crippen molar-refractivity contribution in [2.24, 2.45) is 0 Å². The molecule has 0 amide bonds. The number of aryl methyl sites for hydroxylation is 1. The van der Waals surface area contributed by atoms with Gasteiger partial charge < -0.3 is 5.11 Å². The van der Waals surface area contributed by atoms with E-state index in [2.05, 4.69) is 19.1 Å². The van der Waals surface area contributed by atoms with E-state index in [0.717, 1.165) is 18.4 Å². The van der Waals surface area contributed by atoms with Crippen molar-refractivity contribution in [2.75, 3.05) is 0 Å². The van der Waals surface area contributed by atoms with Gasteiger partial charge in [-0.2, -0.15) is 0 Å². The average Bonchev–Trinajstić information content (AvgIpc) is 2.04. The molecule has 0 spiro atoms. The Bertz CT molecular complexity index is 337. The maximum atomic E-state index is 9.59. The first kappa shape index (κ1) is 7.41. The Kier molecular flexibility index (Phi) is 1.65. The molecule has 1 aliphatic rings. The second-order valence-electron chi connectivity index (χ2n) is 3.24. The summed E-state index contributed by atoms with van der Waals surface area (Å²) in [5.74, 6) is 0.418. The van der Waals surface area contributed by atoms with Gasteiger partial charge in [-0.15, -0.1) is 0 Å². The zero-order chi connectivity index (χ0) is 8.55. The Morgan fingerprint density at radius 3 is 2.92 bits per heavy atom. The van der Waals surface area contributed by atoms with E-state index in [1.807, 2.05) is 6.07 Å². The highest BCUT2D eigenvalue weighted by Gasteiger charge is 2.11. The third-order valence-electron chi connectivity index (χ3n) is 2.39. The van der Waals surface area contributed by atoms with E-state index in [0.29, 0.717) is 5.75 Å². The molecule has 1 aromatic rings. The molecule has 0 saturated carbocycles. The predicted octanol–water partition coefficient (Wildman–Crippen LogP) is 2.74. The van der Waals surface area contributed by atoms with Gasteiger partial charge in [0.05, 0.1) is 0 Å². The van der Waals surface area contributed by atoms with E-state index < -0.39 is 0 Å². The van der Waals surface area contributed by atoms with E-state index in [4.69, 9.17) is 0 Å². The number of fused-ring (bicyclic) bond motifs is 1. The first-order valence-electron chi connectivity index (χ1n) is 4.27. The smallest absolute Gasteiger partial charge is 0.123 e. The van der Waals surface area contributed by atoms with Crippen LogP contribution in [0.15, 0.2) is 24.3 Å². The second kappa shape index (κ2) is 2.67. The lowest BCUT2D eigenvalue weighted by atomic mass is 9.91. The molecule has 0 saturated heterocycles. The maximum Gasteiger partial charge on any atom is 0.123 e. The van der Waals surface area contributed by atoms with Crippen LogP contribution in [0.3, 0.4) is 0 Å². The van der Waals surface area contributed by atoms with Crippen LogP contribution in [-0.4, -0.2) is 5.11 Å². The standard InChI is InChI=1S/C11H12O/c1-8-4-2-5-9-6-3-7-10(12)11(8)9/h3-4,6-7,12H,2,5H2,1H3. The molecule has 0 heterocycles. The number of phenols is 1. The fourth-order valence-electron chi connectivity index (χ4n) is 1.80. The van der Waals surface area contributed by atoms with E-state index >= 15 is 0 Å². The Morgan fingerprint density at radius 1 is 1.33 bits per heavy atom. The Morgan fingerprint density at radius 2 is 2.17 bits per heavy atom. The minimum atomic E-state index is 0.418. The van der Waals surface area contributed by atoms with Crippen molar-refractivity contribution in [1.29, 1.82) is 0 Å². The third-order valence-corrected chi connectivity index (χ3v) is 2.39. The summed E-state index contributed by atoms with van der Waals surface area (Å²) < 4.78 is 0. The molecule has 1 aromatic carbocycles. The first-order chi connectivity index (χ1) is 5.79. The molecule has 0 unspecified atom stereocenters. The van der Waals surface area contributed by atoms with Crippen LogP contribution in [0.25, 0.3) is 5.57 Å². The Hall–Kier alpha value is -1.24.